The molecule has 0 radical (unpaired) electrons. The van der Waals surface area contributed by atoms with E-state index in [1.54, 1.807) is 29.8 Å². The Morgan fingerprint density at radius 2 is 1.39 bits per heavy atom. The fourth-order valence-electron chi connectivity index (χ4n) is 6.99. The van der Waals surface area contributed by atoms with Gasteiger partial charge in [0, 0.05) is 25.2 Å². The molecule has 0 saturated carbocycles. The molecular weight excluding hydrogens is 638 g/mol. The highest BCUT2D eigenvalue weighted by Crippen LogP contribution is 2.43. The van der Waals surface area contributed by atoms with Crippen LogP contribution >= 0.6 is 0 Å². The smallest absolute Gasteiger partial charge is 0.249 e. The second-order valence-corrected chi connectivity index (χ2v) is 15.3. The van der Waals surface area contributed by atoms with Crippen molar-refractivity contribution < 1.29 is 19.2 Å². The van der Waals surface area contributed by atoms with Crippen molar-refractivity contribution in [3.63, 3.8) is 0 Å². The number of nitrogens with one attached hydrogen (secondary N) is 2. The molecule has 5 rings (SSSR count). The second-order valence-electron chi connectivity index (χ2n) is 15.3. The first-order valence-corrected chi connectivity index (χ1v) is 18.9. The van der Waals surface area contributed by atoms with Crippen molar-refractivity contribution >= 4 is 24.1 Å². The van der Waals surface area contributed by atoms with E-state index in [4.69, 9.17) is 0 Å². The number of carbonyl (C=O) groups is 4. The minimum atomic E-state index is -0.556. The predicted molar refractivity (Wildman–Crippen MR) is 207 cm³/mol. The summed E-state index contributed by atoms with van der Waals surface area (Å²) in [6.45, 7) is 19.8. The van der Waals surface area contributed by atoms with E-state index in [2.05, 4.69) is 62.3 Å². The van der Waals surface area contributed by atoms with E-state index in [9.17, 15) is 19.2 Å². The summed E-state index contributed by atoms with van der Waals surface area (Å²) in [4.78, 5) is 55.9. The molecule has 4 amide bonds. The lowest BCUT2D eigenvalue weighted by Gasteiger charge is -2.30. The number of hydrogen-bond acceptors (Lipinski definition) is 5. The number of likely N-dealkylation sites (N-methyl/N-ethyl adjacent to an activating group) is 1. The van der Waals surface area contributed by atoms with Crippen LogP contribution in [0.15, 0.2) is 60.2 Å². The highest BCUT2D eigenvalue weighted by Gasteiger charge is 2.38. The Hall–Kier alpha value is -3.98. The van der Waals surface area contributed by atoms with Gasteiger partial charge in [-0.05, 0) is 93.6 Å². The summed E-state index contributed by atoms with van der Waals surface area (Å²) in [5, 5.41) is 5.62. The van der Waals surface area contributed by atoms with Crippen molar-refractivity contribution in [2.24, 2.45) is 11.8 Å². The van der Waals surface area contributed by atoms with Gasteiger partial charge in [0.05, 0.1) is 18.6 Å². The molecule has 2 atom stereocenters. The molecule has 0 aromatic heterocycles. The van der Waals surface area contributed by atoms with Crippen LogP contribution in [-0.2, 0) is 19.2 Å². The van der Waals surface area contributed by atoms with Gasteiger partial charge in [0.1, 0.15) is 6.04 Å². The Balaban J connectivity index is 0.000000455. The minimum absolute atomic E-state index is 0.0445. The zero-order valence-electron chi connectivity index (χ0n) is 32.6. The third-order valence-electron chi connectivity index (χ3n) is 9.68. The Bertz CT molecular complexity index is 1430. The van der Waals surface area contributed by atoms with Crippen LogP contribution in [0, 0.1) is 11.8 Å². The molecule has 0 bridgehead atoms. The monoisotopic (exact) mass is 701 g/mol. The largest absolute Gasteiger partial charge is 0.350 e. The number of rotatable bonds is 10. The van der Waals surface area contributed by atoms with Gasteiger partial charge in [0.25, 0.3) is 0 Å². The molecule has 0 unspecified atom stereocenters. The van der Waals surface area contributed by atoms with E-state index in [0.29, 0.717) is 24.9 Å². The molecule has 280 valence electrons. The Morgan fingerprint density at radius 1 is 0.843 bits per heavy atom. The number of nitrogens with zero attached hydrogens (tertiary/aromatic N) is 3. The molecule has 9 nitrogen and oxygen atoms in total. The molecule has 2 aromatic carbocycles. The first kappa shape index (κ1) is 41.4. The molecule has 2 heterocycles. The van der Waals surface area contributed by atoms with E-state index < -0.39 is 6.04 Å². The van der Waals surface area contributed by atoms with Gasteiger partial charge in [-0.1, -0.05) is 95.6 Å². The topological polar surface area (TPSA) is 102 Å². The van der Waals surface area contributed by atoms with Crippen LogP contribution in [0.2, 0.25) is 0 Å². The number of carbonyl (C=O) groups excluding carboxylic acids is 4. The molecule has 1 aliphatic carbocycles. The number of amides is 4. The average molecular weight is 702 g/mol. The van der Waals surface area contributed by atoms with E-state index in [0.717, 1.165) is 40.6 Å². The van der Waals surface area contributed by atoms with Crippen LogP contribution < -0.4 is 10.6 Å². The molecule has 2 fully saturated rings. The molecule has 9 heteroatoms. The van der Waals surface area contributed by atoms with Gasteiger partial charge in [0.15, 0.2) is 0 Å². The molecule has 2 aromatic rings. The third kappa shape index (κ3) is 11.5. The second kappa shape index (κ2) is 20.2. The van der Waals surface area contributed by atoms with E-state index in [1.165, 1.54) is 32.4 Å². The van der Waals surface area contributed by atoms with Crippen LogP contribution in [0.1, 0.15) is 105 Å². The van der Waals surface area contributed by atoms with Crippen molar-refractivity contribution in [3.8, 4) is 11.1 Å². The van der Waals surface area contributed by atoms with Gasteiger partial charge < -0.3 is 25.3 Å². The Labute approximate surface area is 307 Å². The highest BCUT2D eigenvalue weighted by atomic mass is 16.2. The SMILES string of the molecule is C/C(=C\[C@H](C(C)C)N(C)C(=O)CNC=O)C(=O)N1CCC[C@H]1C(=O)NC1c2ccccc2-c2ccccc21.CC(C)C.CC(C)N1CCCCC1. The zero-order chi connectivity index (χ0) is 37.7. The molecular formula is C42H63N5O4. The maximum atomic E-state index is 13.6. The zero-order valence-corrected chi connectivity index (χ0v) is 32.6. The van der Waals surface area contributed by atoms with Crippen LogP contribution in [-0.4, -0.2) is 90.2 Å². The van der Waals surface area contributed by atoms with E-state index in [1.807, 2.05) is 50.2 Å². The van der Waals surface area contributed by atoms with Crippen LogP contribution in [0.5, 0.6) is 0 Å². The van der Waals surface area contributed by atoms with E-state index in [-0.39, 0.29) is 42.3 Å². The summed E-state index contributed by atoms with van der Waals surface area (Å²) < 4.78 is 0. The summed E-state index contributed by atoms with van der Waals surface area (Å²) in [5.74, 6) is 0.270. The summed E-state index contributed by atoms with van der Waals surface area (Å²) in [5.41, 5.74) is 4.85. The van der Waals surface area contributed by atoms with Crippen molar-refractivity contribution in [2.75, 3.05) is 33.2 Å². The normalized spacial score (nSPS) is 17.8. The molecule has 51 heavy (non-hydrogen) atoms. The fraction of sp³-hybridized carbons (Fsp3) is 0.571. The number of benzene rings is 2. The third-order valence-corrected chi connectivity index (χ3v) is 9.68. The average Bonchev–Trinajstić information content (AvgIpc) is 3.73. The predicted octanol–water partition coefficient (Wildman–Crippen LogP) is 6.58. The number of hydrogen-bond donors (Lipinski definition) is 2. The summed E-state index contributed by atoms with van der Waals surface area (Å²) >= 11 is 0. The maximum absolute atomic E-state index is 13.6. The number of fused-ring (bicyclic) bond motifs is 3. The van der Waals surface area contributed by atoms with Gasteiger partial charge in [-0.3, -0.25) is 19.2 Å². The summed E-state index contributed by atoms with van der Waals surface area (Å²) in [6, 6.07) is 15.8. The standard InChI is InChI=1S/C30H36N4O4.C8H17N.C4H10/c1-19(2)26(33(4)27(36)17-31-18-35)16-20(3)30(38)34-15-9-14-25(34)29(37)32-28-23-12-7-5-10-21(23)22-11-6-8-13-24(22)28;1-8(2)9-6-4-3-5-7-9;1-4(2)3/h5-8,10-13,16,18-19,25-26,28H,9,14-15,17H2,1-4H3,(H,31,35)(H,32,37);8H,3-7H2,1-2H3;4H,1-3H3/b20-16+;;/t25-,26+;;/m0../s1. The number of likely N-dealkylation sites (tertiary alicyclic amines) is 2. The van der Waals surface area contributed by atoms with Crippen LogP contribution in [0.3, 0.4) is 0 Å². The van der Waals surface area contributed by atoms with Crippen molar-refractivity contribution in [1.29, 1.82) is 0 Å². The summed E-state index contributed by atoms with van der Waals surface area (Å²) in [7, 11) is 1.66. The van der Waals surface area contributed by atoms with Gasteiger partial charge in [-0.2, -0.15) is 0 Å². The first-order valence-electron chi connectivity index (χ1n) is 18.9. The van der Waals surface area contributed by atoms with Gasteiger partial charge in [0.2, 0.25) is 24.1 Å². The lowest BCUT2D eigenvalue weighted by molar-refractivity contribution is -0.136. The maximum Gasteiger partial charge on any atom is 0.249 e. The van der Waals surface area contributed by atoms with Crippen LogP contribution in [0.4, 0.5) is 0 Å². The number of piperidine rings is 1. The Kier molecular flexibility index (Phi) is 16.4. The lowest BCUT2D eigenvalue weighted by Crippen LogP contribution is -2.47. The first-order chi connectivity index (χ1) is 24.3. The lowest BCUT2D eigenvalue weighted by atomic mass is 9.99. The fourth-order valence-corrected chi connectivity index (χ4v) is 6.99. The van der Waals surface area contributed by atoms with Gasteiger partial charge in [-0.15, -0.1) is 0 Å². The molecule has 2 saturated heterocycles. The van der Waals surface area contributed by atoms with Crippen molar-refractivity contribution in [2.45, 2.75) is 112 Å². The van der Waals surface area contributed by atoms with Crippen molar-refractivity contribution in [3.05, 3.63) is 71.3 Å². The quantitative estimate of drug-likeness (QED) is 0.215. The van der Waals surface area contributed by atoms with E-state index >= 15 is 0 Å². The van der Waals surface area contributed by atoms with Gasteiger partial charge in [-0.25, -0.2) is 0 Å². The minimum Gasteiger partial charge on any atom is -0.350 e. The molecule has 3 aliphatic rings. The van der Waals surface area contributed by atoms with Crippen LogP contribution in [0.25, 0.3) is 11.1 Å². The molecule has 2 aliphatic heterocycles. The molecule has 0 spiro atoms. The van der Waals surface area contributed by atoms with Gasteiger partial charge >= 0.3 is 0 Å². The Morgan fingerprint density at radius 3 is 1.88 bits per heavy atom. The highest BCUT2D eigenvalue weighted by molar-refractivity contribution is 5.97. The molecule has 2 N–H and O–H groups in total. The summed E-state index contributed by atoms with van der Waals surface area (Å²) in [6.07, 6.45) is 7.91. The van der Waals surface area contributed by atoms with Crippen molar-refractivity contribution in [1.82, 2.24) is 25.3 Å².